The number of hydrogen-bond acceptors (Lipinski definition) is 3. The zero-order chi connectivity index (χ0) is 21.8. The van der Waals surface area contributed by atoms with Crippen LogP contribution < -0.4 is 4.31 Å². The molecule has 0 N–H and O–H groups in total. The predicted octanol–water partition coefficient (Wildman–Crippen LogP) is 5.23. The minimum atomic E-state index is -3.76. The van der Waals surface area contributed by atoms with Gasteiger partial charge in [0.15, 0.2) is 0 Å². The van der Waals surface area contributed by atoms with Crippen molar-refractivity contribution in [2.75, 3.05) is 10.8 Å². The van der Waals surface area contributed by atoms with Crippen LogP contribution in [0, 0.1) is 0 Å². The fourth-order valence-electron chi connectivity index (χ4n) is 5.15. The van der Waals surface area contributed by atoms with Gasteiger partial charge in [-0.3, -0.25) is 9.10 Å². The van der Waals surface area contributed by atoms with Crippen LogP contribution in [-0.2, 0) is 10.0 Å². The summed E-state index contributed by atoms with van der Waals surface area (Å²) in [6, 6.07) is 16.3. The van der Waals surface area contributed by atoms with Crippen LogP contribution in [0.25, 0.3) is 0 Å². The fraction of sp³-hybridized carbons (Fsp3) is 0.480. The first-order valence-corrected chi connectivity index (χ1v) is 13.0. The number of benzene rings is 2. The molecule has 2 fully saturated rings. The molecule has 0 aliphatic heterocycles. The molecule has 0 heterocycles. The molecule has 2 saturated carbocycles. The number of rotatable bonds is 7. The van der Waals surface area contributed by atoms with Gasteiger partial charge >= 0.3 is 0 Å². The van der Waals surface area contributed by atoms with Crippen LogP contribution in [-0.4, -0.2) is 37.9 Å². The number of carbonyl (C=O) groups excluding carboxylic acids is 1. The van der Waals surface area contributed by atoms with Gasteiger partial charge in [0.2, 0.25) is 0 Å². The van der Waals surface area contributed by atoms with Crippen molar-refractivity contribution in [2.24, 2.45) is 0 Å². The van der Waals surface area contributed by atoms with Gasteiger partial charge in [-0.05, 0) is 62.9 Å². The molecule has 0 aromatic heterocycles. The van der Waals surface area contributed by atoms with Crippen molar-refractivity contribution < 1.29 is 13.2 Å². The summed E-state index contributed by atoms with van der Waals surface area (Å²) in [5.41, 5.74) is 1.10. The molecule has 2 aromatic carbocycles. The molecule has 2 aromatic rings. The van der Waals surface area contributed by atoms with Crippen LogP contribution in [0.3, 0.4) is 0 Å². The molecule has 1 amide bonds. The first-order valence-electron chi connectivity index (χ1n) is 11.5. The van der Waals surface area contributed by atoms with Crippen LogP contribution in [0.2, 0.25) is 0 Å². The Kier molecular flexibility index (Phi) is 6.65. The second-order valence-electron chi connectivity index (χ2n) is 8.62. The predicted molar refractivity (Wildman–Crippen MR) is 124 cm³/mol. The maximum absolute atomic E-state index is 13.6. The molecule has 0 saturated heterocycles. The molecule has 2 aliphatic rings. The normalized spacial score (nSPS) is 17.7. The van der Waals surface area contributed by atoms with E-state index in [0.717, 1.165) is 51.4 Å². The Labute approximate surface area is 186 Å². The van der Waals surface area contributed by atoms with E-state index in [1.54, 1.807) is 36.4 Å². The fourth-order valence-corrected chi connectivity index (χ4v) is 6.67. The van der Waals surface area contributed by atoms with Gasteiger partial charge in [-0.1, -0.05) is 49.9 Å². The van der Waals surface area contributed by atoms with E-state index in [0.29, 0.717) is 17.8 Å². The third-order valence-electron chi connectivity index (χ3n) is 6.67. The highest BCUT2D eigenvalue weighted by Gasteiger charge is 2.35. The molecule has 31 heavy (non-hydrogen) atoms. The monoisotopic (exact) mass is 440 g/mol. The second kappa shape index (κ2) is 9.43. The minimum Gasteiger partial charge on any atom is -0.333 e. The lowest BCUT2D eigenvalue weighted by Crippen LogP contribution is -2.45. The molecule has 0 unspecified atom stereocenters. The molecule has 0 radical (unpaired) electrons. The molecular weight excluding hydrogens is 408 g/mol. The van der Waals surface area contributed by atoms with E-state index in [-0.39, 0.29) is 22.9 Å². The van der Waals surface area contributed by atoms with Crippen molar-refractivity contribution in [1.29, 1.82) is 0 Å². The van der Waals surface area contributed by atoms with Crippen molar-refractivity contribution in [2.45, 2.75) is 75.3 Å². The van der Waals surface area contributed by atoms with Gasteiger partial charge in [-0.15, -0.1) is 0 Å². The summed E-state index contributed by atoms with van der Waals surface area (Å²) in [6.45, 7) is 2.14. The van der Waals surface area contributed by atoms with Gasteiger partial charge < -0.3 is 4.90 Å². The van der Waals surface area contributed by atoms with E-state index in [1.807, 2.05) is 25.1 Å². The van der Waals surface area contributed by atoms with Crippen molar-refractivity contribution in [3.8, 4) is 0 Å². The van der Waals surface area contributed by atoms with E-state index >= 15 is 0 Å². The highest BCUT2D eigenvalue weighted by molar-refractivity contribution is 7.92. The Morgan fingerprint density at radius 1 is 0.871 bits per heavy atom. The summed E-state index contributed by atoms with van der Waals surface area (Å²) in [6.07, 6.45) is 8.87. The maximum atomic E-state index is 13.6. The van der Waals surface area contributed by atoms with Crippen LogP contribution in [0.15, 0.2) is 59.5 Å². The second-order valence-corrected chi connectivity index (χ2v) is 10.5. The summed E-state index contributed by atoms with van der Waals surface area (Å²) in [5, 5.41) is 0. The quantitative estimate of drug-likeness (QED) is 0.592. The van der Waals surface area contributed by atoms with Crippen molar-refractivity contribution in [1.82, 2.24) is 4.90 Å². The third-order valence-corrected chi connectivity index (χ3v) is 8.57. The number of carbonyl (C=O) groups is 1. The molecule has 5 nitrogen and oxygen atoms in total. The molecule has 0 atom stereocenters. The average Bonchev–Trinajstić information content (AvgIpc) is 3.50. The summed E-state index contributed by atoms with van der Waals surface area (Å²) in [5.74, 6) is -0.0152. The number of nitrogens with zero attached hydrogens (tertiary/aromatic N) is 2. The Hall–Kier alpha value is -2.34. The lowest BCUT2D eigenvalue weighted by atomic mass is 10.1. The van der Waals surface area contributed by atoms with Crippen LogP contribution in [0.4, 0.5) is 5.69 Å². The standard InChI is InChI=1S/C25H32N2O3S/c1-2-26(21-12-4-3-5-13-21)31(29,30)24-18-10-11-20(19-24)25(28)27(22-14-6-7-15-22)23-16-8-9-17-23/h3-5,10-13,18-19,22-23H,2,6-9,14-17H2,1H3. The number of para-hydroxylation sites is 1. The van der Waals surface area contributed by atoms with Gasteiger partial charge in [0, 0.05) is 24.2 Å². The molecule has 4 rings (SSSR count). The summed E-state index contributed by atoms with van der Waals surface area (Å²) < 4.78 is 28.2. The molecule has 166 valence electrons. The lowest BCUT2D eigenvalue weighted by molar-refractivity contribution is 0.0580. The largest absolute Gasteiger partial charge is 0.333 e. The Morgan fingerprint density at radius 3 is 2.00 bits per heavy atom. The third kappa shape index (κ3) is 4.49. The Balaban J connectivity index is 1.65. The lowest BCUT2D eigenvalue weighted by Gasteiger charge is -2.35. The smallest absolute Gasteiger partial charge is 0.264 e. The van der Waals surface area contributed by atoms with Crippen molar-refractivity contribution in [3.05, 3.63) is 60.2 Å². The van der Waals surface area contributed by atoms with Gasteiger partial charge in [0.05, 0.1) is 10.6 Å². The Morgan fingerprint density at radius 2 is 1.45 bits per heavy atom. The number of amides is 1. The molecule has 0 bridgehead atoms. The first kappa shape index (κ1) is 21.9. The minimum absolute atomic E-state index is 0.0152. The first-order chi connectivity index (χ1) is 15.0. The van der Waals surface area contributed by atoms with E-state index in [9.17, 15) is 13.2 Å². The van der Waals surface area contributed by atoms with Gasteiger partial charge in [-0.2, -0.15) is 0 Å². The van der Waals surface area contributed by atoms with Crippen molar-refractivity contribution in [3.63, 3.8) is 0 Å². The molecular formula is C25H32N2O3S. The van der Waals surface area contributed by atoms with E-state index in [4.69, 9.17) is 0 Å². The molecule has 0 spiro atoms. The number of anilines is 1. The zero-order valence-corrected chi connectivity index (χ0v) is 19.1. The number of hydrogen-bond donors (Lipinski definition) is 0. The zero-order valence-electron chi connectivity index (χ0n) is 18.2. The summed E-state index contributed by atoms with van der Waals surface area (Å²) >= 11 is 0. The number of sulfonamides is 1. The summed E-state index contributed by atoms with van der Waals surface area (Å²) in [4.78, 5) is 15.9. The average molecular weight is 441 g/mol. The molecule has 6 heteroatoms. The van der Waals surface area contributed by atoms with Crippen LogP contribution >= 0.6 is 0 Å². The molecule has 2 aliphatic carbocycles. The van der Waals surface area contributed by atoms with Crippen molar-refractivity contribution >= 4 is 21.6 Å². The SMILES string of the molecule is CCN(c1ccccc1)S(=O)(=O)c1cccc(C(=O)N(C2CCCC2)C2CCCC2)c1. The van der Waals surface area contributed by atoms with E-state index in [2.05, 4.69) is 4.90 Å². The Bertz CT molecular complexity index is 978. The van der Waals surface area contributed by atoms with Gasteiger partial charge in [-0.25, -0.2) is 8.42 Å². The maximum Gasteiger partial charge on any atom is 0.264 e. The topological polar surface area (TPSA) is 57.7 Å². The van der Waals surface area contributed by atoms with Gasteiger partial charge in [0.25, 0.3) is 15.9 Å². The van der Waals surface area contributed by atoms with E-state index in [1.165, 1.54) is 4.31 Å². The highest BCUT2D eigenvalue weighted by Crippen LogP contribution is 2.33. The van der Waals surface area contributed by atoms with Crippen LogP contribution in [0.1, 0.15) is 68.6 Å². The van der Waals surface area contributed by atoms with Crippen LogP contribution in [0.5, 0.6) is 0 Å². The highest BCUT2D eigenvalue weighted by atomic mass is 32.2. The van der Waals surface area contributed by atoms with Gasteiger partial charge in [0.1, 0.15) is 0 Å². The summed E-state index contributed by atoms with van der Waals surface area (Å²) in [7, 11) is -3.76. The van der Waals surface area contributed by atoms with E-state index < -0.39 is 10.0 Å².